The lowest BCUT2D eigenvalue weighted by Gasteiger charge is -2.04. The second kappa shape index (κ2) is 3.91. The van der Waals surface area contributed by atoms with Crippen LogP contribution in [0.3, 0.4) is 0 Å². The quantitative estimate of drug-likeness (QED) is 0.771. The van der Waals surface area contributed by atoms with E-state index in [-0.39, 0.29) is 0 Å². The first kappa shape index (κ1) is 8.74. The highest BCUT2D eigenvalue weighted by atomic mass is 15.1. The maximum Gasteiger partial charge on any atom is 0.0567 e. The molecule has 0 unspecified atom stereocenters. The van der Waals surface area contributed by atoms with Gasteiger partial charge in [0.25, 0.3) is 0 Å². The zero-order chi connectivity index (χ0) is 9.80. The van der Waals surface area contributed by atoms with Crippen LogP contribution in [0, 0.1) is 6.92 Å². The van der Waals surface area contributed by atoms with Crippen LogP contribution in [0.1, 0.15) is 11.4 Å². The predicted octanol–water partition coefficient (Wildman–Crippen LogP) is 1.73. The topological polar surface area (TPSA) is 53.6 Å². The van der Waals surface area contributed by atoms with Gasteiger partial charge in [-0.2, -0.15) is 5.10 Å². The summed E-state index contributed by atoms with van der Waals surface area (Å²) in [6, 6.07) is 5.90. The van der Waals surface area contributed by atoms with E-state index >= 15 is 0 Å². The van der Waals surface area contributed by atoms with E-state index in [1.54, 1.807) is 12.4 Å². The van der Waals surface area contributed by atoms with E-state index in [0.29, 0.717) is 0 Å². The molecule has 0 spiro atoms. The highest BCUT2D eigenvalue weighted by molar-refractivity contribution is 5.43. The fourth-order valence-corrected chi connectivity index (χ4v) is 1.24. The lowest BCUT2D eigenvalue weighted by Crippen LogP contribution is -2.00. The summed E-state index contributed by atoms with van der Waals surface area (Å²) in [5.41, 5.74) is 3.16. The van der Waals surface area contributed by atoms with E-state index < -0.39 is 0 Å². The molecule has 0 atom stereocenters. The van der Waals surface area contributed by atoms with E-state index in [1.165, 1.54) is 0 Å². The van der Waals surface area contributed by atoms with Gasteiger partial charge in [0.2, 0.25) is 0 Å². The summed E-state index contributed by atoms with van der Waals surface area (Å²) in [7, 11) is 0. The first-order valence-electron chi connectivity index (χ1n) is 4.49. The van der Waals surface area contributed by atoms with Crippen LogP contribution in [0.5, 0.6) is 0 Å². The maximum atomic E-state index is 4.12. The van der Waals surface area contributed by atoms with Crippen molar-refractivity contribution < 1.29 is 0 Å². The molecule has 0 saturated heterocycles. The van der Waals surface area contributed by atoms with Crippen molar-refractivity contribution in [2.45, 2.75) is 13.5 Å². The number of hydrogen-bond acceptors (Lipinski definition) is 3. The van der Waals surface area contributed by atoms with Gasteiger partial charge >= 0.3 is 0 Å². The Morgan fingerprint density at radius 3 is 3.00 bits per heavy atom. The average molecular weight is 188 g/mol. The number of nitrogens with zero attached hydrogens (tertiary/aromatic N) is 2. The third-order valence-corrected chi connectivity index (χ3v) is 1.94. The Balaban J connectivity index is 1.98. The molecule has 72 valence electrons. The van der Waals surface area contributed by atoms with Crippen molar-refractivity contribution in [3.63, 3.8) is 0 Å². The Labute approximate surface area is 82.4 Å². The SMILES string of the molecule is Cc1cc(NCc2ccn[nH]2)ccn1. The van der Waals surface area contributed by atoms with Crippen LogP contribution in [-0.4, -0.2) is 15.2 Å². The van der Waals surface area contributed by atoms with Crippen molar-refractivity contribution >= 4 is 5.69 Å². The molecule has 0 fully saturated rings. The molecule has 4 nitrogen and oxygen atoms in total. The van der Waals surface area contributed by atoms with Crippen molar-refractivity contribution in [2.24, 2.45) is 0 Å². The van der Waals surface area contributed by atoms with Crippen LogP contribution in [0.25, 0.3) is 0 Å². The summed E-state index contributed by atoms with van der Waals surface area (Å²) in [6.07, 6.45) is 3.54. The molecule has 2 heterocycles. The van der Waals surface area contributed by atoms with Crippen LogP contribution in [0.4, 0.5) is 5.69 Å². The van der Waals surface area contributed by atoms with Crippen molar-refractivity contribution in [3.8, 4) is 0 Å². The summed E-state index contributed by atoms with van der Waals surface area (Å²) in [5, 5.41) is 10.0. The number of rotatable bonds is 3. The Morgan fingerprint density at radius 2 is 2.29 bits per heavy atom. The van der Waals surface area contributed by atoms with Crippen molar-refractivity contribution in [1.82, 2.24) is 15.2 Å². The normalized spacial score (nSPS) is 10.1. The Bertz CT molecular complexity index is 394. The average Bonchev–Trinajstić information content (AvgIpc) is 2.67. The van der Waals surface area contributed by atoms with Gasteiger partial charge in [-0.15, -0.1) is 0 Å². The Kier molecular flexibility index (Phi) is 2.44. The van der Waals surface area contributed by atoms with Crippen LogP contribution in [0.15, 0.2) is 30.6 Å². The summed E-state index contributed by atoms with van der Waals surface area (Å²) < 4.78 is 0. The zero-order valence-corrected chi connectivity index (χ0v) is 7.99. The van der Waals surface area contributed by atoms with Gasteiger partial charge < -0.3 is 5.32 Å². The van der Waals surface area contributed by atoms with Crippen LogP contribution in [-0.2, 0) is 6.54 Å². The minimum absolute atomic E-state index is 0.753. The smallest absolute Gasteiger partial charge is 0.0567 e. The molecule has 0 aliphatic heterocycles. The Morgan fingerprint density at radius 1 is 1.36 bits per heavy atom. The monoisotopic (exact) mass is 188 g/mol. The van der Waals surface area contributed by atoms with Gasteiger partial charge in [0.05, 0.1) is 12.2 Å². The molecule has 14 heavy (non-hydrogen) atoms. The summed E-state index contributed by atoms with van der Waals surface area (Å²) in [6.45, 7) is 2.73. The van der Waals surface area contributed by atoms with Crippen LogP contribution in [0.2, 0.25) is 0 Å². The van der Waals surface area contributed by atoms with Gasteiger partial charge in [0, 0.05) is 23.8 Å². The largest absolute Gasteiger partial charge is 0.379 e. The first-order chi connectivity index (χ1) is 6.84. The van der Waals surface area contributed by atoms with Gasteiger partial charge in [0.1, 0.15) is 0 Å². The second-order valence-electron chi connectivity index (χ2n) is 3.12. The van der Waals surface area contributed by atoms with Crippen molar-refractivity contribution in [3.05, 3.63) is 42.0 Å². The molecule has 2 aromatic heterocycles. The standard InChI is InChI=1S/C10H12N4/c1-8-6-9(2-4-11-8)12-7-10-3-5-13-14-10/h2-6H,7H2,1H3,(H,11,12)(H,13,14). The van der Waals surface area contributed by atoms with Gasteiger partial charge in [-0.05, 0) is 25.1 Å². The zero-order valence-electron chi connectivity index (χ0n) is 7.99. The van der Waals surface area contributed by atoms with Crippen LogP contribution >= 0.6 is 0 Å². The van der Waals surface area contributed by atoms with E-state index in [1.807, 2.05) is 25.1 Å². The molecular weight excluding hydrogens is 176 g/mol. The van der Waals surface area contributed by atoms with Crippen molar-refractivity contribution in [1.29, 1.82) is 0 Å². The lowest BCUT2D eigenvalue weighted by atomic mass is 10.3. The minimum atomic E-state index is 0.753. The molecule has 0 aliphatic rings. The fourth-order valence-electron chi connectivity index (χ4n) is 1.24. The summed E-state index contributed by atoms with van der Waals surface area (Å²) >= 11 is 0. The lowest BCUT2D eigenvalue weighted by molar-refractivity contribution is 0.980. The van der Waals surface area contributed by atoms with E-state index in [4.69, 9.17) is 0 Å². The molecule has 0 aromatic carbocycles. The van der Waals surface area contributed by atoms with E-state index in [9.17, 15) is 0 Å². The number of hydrogen-bond donors (Lipinski definition) is 2. The molecule has 0 amide bonds. The molecule has 0 aliphatic carbocycles. The molecular formula is C10H12N4. The molecule has 0 saturated carbocycles. The van der Waals surface area contributed by atoms with E-state index in [2.05, 4.69) is 20.5 Å². The number of aryl methyl sites for hydroxylation is 1. The number of aromatic nitrogens is 3. The second-order valence-corrected chi connectivity index (χ2v) is 3.12. The number of pyridine rings is 1. The summed E-state index contributed by atoms with van der Waals surface area (Å²) in [5.74, 6) is 0. The molecule has 0 radical (unpaired) electrons. The van der Waals surface area contributed by atoms with E-state index in [0.717, 1.165) is 23.6 Å². The number of aromatic amines is 1. The Hall–Kier alpha value is -1.84. The molecule has 2 aromatic rings. The summed E-state index contributed by atoms with van der Waals surface area (Å²) in [4.78, 5) is 4.12. The third-order valence-electron chi connectivity index (χ3n) is 1.94. The highest BCUT2D eigenvalue weighted by Gasteiger charge is 1.94. The first-order valence-corrected chi connectivity index (χ1v) is 4.49. The molecule has 2 N–H and O–H groups in total. The fraction of sp³-hybridized carbons (Fsp3) is 0.200. The van der Waals surface area contributed by atoms with Gasteiger partial charge in [-0.1, -0.05) is 0 Å². The van der Waals surface area contributed by atoms with Crippen molar-refractivity contribution in [2.75, 3.05) is 5.32 Å². The molecule has 0 bridgehead atoms. The van der Waals surface area contributed by atoms with Gasteiger partial charge in [-0.3, -0.25) is 10.1 Å². The predicted molar refractivity (Wildman–Crippen MR) is 54.9 cm³/mol. The third kappa shape index (κ3) is 2.10. The number of anilines is 1. The number of nitrogens with one attached hydrogen (secondary N) is 2. The molecule has 2 rings (SSSR count). The highest BCUT2D eigenvalue weighted by Crippen LogP contribution is 2.08. The molecule has 4 heteroatoms. The maximum absolute atomic E-state index is 4.12. The van der Waals surface area contributed by atoms with Gasteiger partial charge in [0.15, 0.2) is 0 Å². The van der Waals surface area contributed by atoms with Crippen LogP contribution < -0.4 is 5.32 Å². The van der Waals surface area contributed by atoms with Gasteiger partial charge in [-0.25, -0.2) is 0 Å². The minimum Gasteiger partial charge on any atom is -0.379 e. The number of H-pyrrole nitrogens is 1.